The largest absolute Gasteiger partial charge is 0.298 e. The fourth-order valence-electron chi connectivity index (χ4n) is 1.32. The van der Waals surface area contributed by atoms with Crippen molar-refractivity contribution in [3.8, 4) is 0 Å². The molecule has 1 aromatic carbocycles. The zero-order valence-electron chi connectivity index (χ0n) is 9.25. The molecule has 0 saturated carbocycles. The molecule has 1 nitrogen and oxygen atoms in total. The lowest BCUT2D eigenvalue weighted by molar-refractivity contribution is -0.105. The Morgan fingerprint density at radius 3 is 2.53 bits per heavy atom. The first-order valence-electron chi connectivity index (χ1n) is 4.97. The molecule has 1 rings (SSSR count). The van der Waals surface area contributed by atoms with Crippen LogP contribution < -0.4 is 0 Å². The minimum atomic E-state index is -0.248. The lowest BCUT2D eigenvalue weighted by Crippen LogP contribution is -1.95. The molecule has 0 aromatic heterocycles. The van der Waals surface area contributed by atoms with Gasteiger partial charge in [-0.3, -0.25) is 4.79 Å². The normalized spacial score (nSPS) is 11.9. The summed E-state index contributed by atoms with van der Waals surface area (Å²) in [5.41, 5.74) is 2.46. The molecule has 2 heteroatoms. The van der Waals surface area contributed by atoms with Crippen LogP contribution in [0, 0.1) is 18.7 Å². The Labute approximate surface area is 89.6 Å². The van der Waals surface area contributed by atoms with E-state index < -0.39 is 0 Å². The van der Waals surface area contributed by atoms with Gasteiger partial charge in [0.15, 0.2) is 0 Å². The van der Waals surface area contributed by atoms with Crippen LogP contribution >= 0.6 is 0 Å². The van der Waals surface area contributed by atoms with Crippen LogP contribution in [0.25, 0.3) is 6.08 Å². The Bertz CT molecular complexity index is 392. The van der Waals surface area contributed by atoms with Crippen LogP contribution in [0.5, 0.6) is 0 Å². The van der Waals surface area contributed by atoms with Gasteiger partial charge in [-0.25, -0.2) is 4.39 Å². The Hall–Kier alpha value is -1.44. The molecule has 0 heterocycles. The molecule has 0 N–H and O–H groups in total. The molecule has 0 atom stereocenters. The zero-order valence-corrected chi connectivity index (χ0v) is 9.25. The van der Waals surface area contributed by atoms with E-state index in [1.807, 2.05) is 26.8 Å². The van der Waals surface area contributed by atoms with Gasteiger partial charge < -0.3 is 0 Å². The van der Waals surface area contributed by atoms with Crippen LogP contribution in [0.4, 0.5) is 4.39 Å². The van der Waals surface area contributed by atoms with Gasteiger partial charge in [-0.1, -0.05) is 19.9 Å². The lowest BCUT2D eigenvalue weighted by atomic mass is 9.99. The summed E-state index contributed by atoms with van der Waals surface area (Å²) in [6.45, 7) is 5.75. The summed E-state index contributed by atoms with van der Waals surface area (Å²) in [4.78, 5) is 10.8. The van der Waals surface area contributed by atoms with Crippen molar-refractivity contribution in [1.82, 2.24) is 0 Å². The molecule has 0 aliphatic heterocycles. The highest BCUT2D eigenvalue weighted by Gasteiger charge is 2.03. The SMILES string of the molecule is Cc1cc(F)ccc1C=C(C=O)C(C)C. The lowest BCUT2D eigenvalue weighted by Gasteiger charge is -2.05. The van der Waals surface area contributed by atoms with E-state index in [0.29, 0.717) is 0 Å². The van der Waals surface area contributed by atoms with Crippen molar-refractivity contribution in [3.05, 3.63) is 40.7 Å². The molecule has 0 amide bonds. The van der Waals surface area contributed by atoms with Crippen molar-refractivity contribution in [2.75, 3.05) is 0 Å². The zero-order chi connectivity index (χ0) is 11.4. The van der Waals surface area contributed by atoms with E-state index in [4.69, 9.17) is 0 Å². The summed E-state index contributed by atoms with van der Waals surface area (Å²) in [6, 6.07) is 4.56. The first-order chi connectivity index (χ1) is 7.04. The van der Waals surface area contributed by atoms with Gasteiger partial charge in [0.2, 0.25) is 0 Å². The van der Waals surface area contributed by atoms with Crippen LogP contribution in [0.2, 0.25) is 0 Å². The number of hydrogen-bond donors (Lipinski definition) is 0. The number of carbonyl (C=O) groups excluding carboxylic acids is 1. The fourth-order valence-corrected chi connectivity index (χ4v) is 1.32. The molecule has 0 bridgehead atoms. The summed E-state index contributed by atoms with van der Waals surface area (Å²) >= 11 is 0. The standard InChI is InChI=1S/C13H15FO/c1-9(2)12(8-15)7-11-4-5-13(14)6-10(11)3/h4-9H,1-3H3. The molecule has 0 saturated heterocycles. The number of carbonyl (C=O) groups is 1. The van der Waals surface area contributed by atoms with E-state index in [9.17, 15) is 9.18 Å². The van der Waals surface area contributed by atoms with Gasteiger partial charge in [-0.2, -0.15) is 0 Å². The molecular formula is C13H15FO. The quantitative estimate of drug-likeness (QED) is 0.547. The molecule has 0 radical (unpaired) electrons. The maximum absolute atomic E-state index is 12.8. The first kappa shape index (κ1) is 11.6. The highest BCUT2D eigenvalue weighted by atomic mass is 19.1. The molecule has 0 unspecified atom stereocenters. The van der Waals surface area contributed by atoms with E-state index in [2.05, 4.69) is 0 Å². The second-order valence-corrected chi connectivity index (χ2v) is 3.92. The van der Waals surface area contributed by atoms with Crippen molar-refractivity contribution < 1.29 is 9.18 Å². The Balaban J connectivity index is 3.11. The predicted octanol–water partition coefficient (Wildman–Crippen LogP) is 3.37. The number of allylic oxidation sites excluding steroid dienone is 1. The fraction of sp³-hybridized carbons (Fsp3) is 0.308. The average Bonchev–Trinajstić information content (AvgIpc) is 2.16. The van der Waals surface area contributed by atoms with Crippen molar-refractivity contribution in [1.29, 1.82) is 0 Å². The monoisotopic (exact) mass is 206 g/mol. The summed E-state index contributed by atoms with van der Waals surface area (Å²) < 4.78 is 12.8. The Morgan fingerprint density at radius 2 is 2.07 bits per heavy atom. The number of aldehydes is 1. The number of benzene rings is 1. The van der Waals surface area contributed by atoms with E-state index in [-0.39, 0.29) is 11.7 Å². The van der Waals surface area contributed by atoms with Crippen molar-refractivity contribution in [2.45, 2.75) is 20.8 Å². The Kier molecular flexibility index (Phi) is 3.78. The second-order valence-electron chi connectivity index (χ2n) is 3.92. The van der Waals surface area contributed by atoms with E-state index in [1.165, 1.54) is 12.1 Å². The van der Waals surface area contributed by atoms with Gasteiger partial charge >= 0.3 is 0 Å². The van der Waals surface area contributed by atoms with Crippen LogP contribution in [0.3, 0.4) is 0 Å². The van der Waals surface area contributed by atoms with E-state index in [1.54, 1.807) is 6.07 Å². The number of halogens is 1. The third kappa shape index (κ3) is 3.01. The van der Waals surface area contributed by atoms with Gasteiger partial charge in [-0.15, -0.1) is 0 Å². The van der Waals surface area contributed by atoms with Gasteiger partial charge in [0, 0.05) is 0 Å². The third-order valence-corrected chi connectivity index (χ3v) is 2.36. The van der Waals surface area contributed by atoms with Gasteiger partial charge in [0.05, 0.1) is 0 Å². The summed E-state index contributed by atoms with van der Waals surface area (Å²) in [5, 5.41) is 0. The van der Waals surface area contributed by atoms with Crippen LogP contribution in [0.1, 0.15) is 25.0 Å². The summed E-state index contributed by atoms with van der Waals surface area (Å²) in [6.07, 6.45) is 2.67. The molecule has 0 spiro atoms. The minimum absolute atomic E-state index is 0.187. The highest BCUT2D eigenvalue weighted by molar-refractivity contribution is 5.82. The number of rotatable bonds is 3. The average molecular weight is 206 g/mol. The smallest absolute Gasteiger partial charge is 0.146 e. The summed E-state index contributed by atoms with van der Waals surface area (Å²) in [7, 11) is 0. The van der Waals surface area contributed by atoms with Gasteiger partial charge in [0.1, 0.15) is 12.1 Å². The molecule has 1 aromatic rings. The third-order valence-electron chi connectivity index (χ3n) is 2.36. The van der Waals surface area contributed by atoms with E-state index >= 15 is 0 Å². The van der Waals surface area contributed by atoms with Crippen molar-refractivity contribution in [3.63, 3.8) is 0 Å². The van der Waals surface area contributed by atoms with Gasteiger partial charge in [0.25, 0.3) is 0 Å². The molecule has 0 aliphatic rings. The minimum Gasteiger partial charge on any atom is -0.298 e. The van der Waals surface area contributed by atoms with Gasteiger partial charge in [-0.05, 0) is 47.8 Å². The predicted molar refractivity (Wildman–Crippen MR) is 60.0 cm³/mol. The number of hydrogen-bond acceptors (Lipinski definition) is 1. The first-order valence-corrected chi connectivity index (χ1v) is 4.97. The highest BCUT2D eigenvalue weighted by Crippen LogP contribution is 2.16. The molecular weight excluding hydrogens is 191 g/mol. The molecule has 80 valence electrons. The number of aryl methyl sites for hydroxylation is 1. The van der Waals surface area contributed by atoms with Crippen LogP contribution in [0.15, 0.2) is 23.8 Å². The topological polar surface area (TPSA) is 17.1 Å². The Morgan fingerprint density at radius 1 is 1.40 bits per heavy atom. The van der Waals surface area contributed by atoms with Crippen LogP contribution in [-0.4, -0.2) is 6.29 Å². The molecule has 0 aliphatic carbocycles. The summed E-state index contributed by atoms with van der Waals surface area (Å²) in [5.74, 6) is -0.0613. The van der Waals surface area contributed by atoms with Crippen molar-refractivity contribution in [2.24, 2.45) is 5.92 Å². The maximum atomic E-state index is 12.8. The van der Waals surface area contributed by atoms with Crippen molar-refractivity contribution >= 4 is 12.4 Å². The van der Waals surface area contributed by atoms with E-state index in [0.717, 1.165) is 23.0 Å². The second kappa shape index (κ2) is 4.87. The molecule has 15 heavy (non-hydrogen) atoms. The maximum Gasteiger partial charge on any atom is 0.146 e. The molecule has 0 fully saturated rings. The van der Waals surface area contributed by atoms with Crippen LogP contribution in [-0.2, 0) is 4.79 Å².